The molecule has 0 spiro atoms. The Balaban J connectivity index is 2.30. The van der Waals surface area contributed by atoms with Gasteiger partial charge >= 0.3 is 5.97 Å². The monoisotopic (exact) mass is 212 g/mol. The van der Waals surface area contributed by atoms with Crippen molar-refractivity contribution >= 4 is 5.97 Å². The molecule has 1 aromatic rings. The van der Waals surface area contributed by atoms with Gasteiger partial charge in [-0.2, -0.15) is 0 Å². The topological polar surface area (TPSA) is 26.3 Å². The largest absolute Gasteiger partial charge is 0.423 e. The molecule has 16 heavy (non-hydrogen) atoms. The Morgan fingerprint density at radius 2 is 1.94 bits per heavy atom. The van der Waals surface area contributed by atoms with Crippen LogP contribution in [0.15, 0.2) is 61.2 Å². The van der Waals surface area contributed by atoms with Crippen LogP contribution < -0.4 is 4.74 Å². The third-order valence-corrected chi connectivity index (χ3v) is 2.40. The van der Waals surface area contributed by atoms with Crippen molar-refractivity contribution in [3.63, 3.8) is 0 Å². The van der Waals surface area contributed by atoms with Gasteiger partial charge in [-0.15, -0.1) is 0 Å². The summed E-state index contributed by atoms with van der Waals surface area (Å²) in [6, 6.07) is 7.52. The second-order valence-electron chi connectivity index (χ2n) is 3.46. The lowest BCUT2D eigenvalue weighted by molar-refractivity contribution is -0.129. The summed E-state index contributed by atoms with van der Waals surface area (Å²) in [6.07, 6.45) is 9.24. The predicted molar refractivity (Wildman–Crippen MR) is 63.3 cm³/mol. The van der Waals surface area contributed by atoms with Crippen LogP contribution in [0.3, 0.4) is 0 Å². The number of para-hydroxylation sites is 1. The van der Waals surface area contributed by atoms with Crippen molar-refractivity contribution in [3.8, 4) is 5.75 Å². The molecule has 0 N–H and O–H groups in total. The van der Waals surface area contributed by atoms with E-state index in [0.717, 1.165) is 11.6 Å². The Kier molecular flexibility index (Phi) is 3.01. The lowest BCUT2D eigenvalue weighted by Crippen LogP contribution is -2.06. The molecule has 80 valence electrons. The van der Waals surface area contributed by atoms with E-state index in [1.807, 2.05) is 30.4 Å². The van der Waals surface area contributed by atoms with Crippen LogP contribution in [0, 0.1) is 0 Å². The van der Waals surface area contributed by atoms with Gasteiger partial charge in [-0.05, 0) is 6.07 Å². The summed E-state index contributed by atoms with van der Waals surface area (Å²) in [4.78, 5) is 11.2. The molecule has 0 saturated heterocycles. The van der Waals surface area contributed by atoms with E-state index in [0.29, 0.717) is 5.75 Å². The van der Waals surface area contributed by atoms with E-state index >= 15 is 0 Å². The summed E-state index contributed by atoms with van der Waals surface area (Å²) in [5.74, 6) is 0.348. The molecule has 0 radical (unpaired) electrons. The van der Waals surface area contributed by atoms with Gasteiger partial charge in [0.05, 0.1) is 0 Å². The molecule has 0 saturated carbocycles. The second kappa shape index (κ2) is 4.62. The molecule has 2 heteroatoms. The number of carbonyl (C=O) groups excluding carboxylic acids is 1. The van der Waals surface area contributed by atoms with Gasteiger partial charge < -0.3 is 4.74 Å². The summed E-state index contributed by atoms with van der Waals surface area (Å²) < 4.78 is 5.18. The highest BCUT2D eigenvalue weighted by molar-refractivity contribution is 5.83. The fourth-order valence-corrected chi connectivity index (χ4v) is 1.64. The minimum Gasteiger partial charge on any atom is -0.423 e. The first-order valence-electron chi connectivity index (χ1n) is 5.09. The molecule has 0 aliphatic heterocycles. The zero-order chi connectivity index (χ0) is 11.4. The lowest BCUT2D eigenvalue weighted by atomic mass is 10.00. The molecule has 0 amide bonds. The Hall–Kier alpha value is -2.09. The third kappa shape index (κ3) is 2.11. The molecule has 0 unspecified atom stereocenters. The molecule has 1 aromatic carbocycles. The van der Waals surface area contributed by atoms with Crippen molar-refractivity contribution in [2.75, 3.05) is 0 Å². The number of allylic oxidation sites excluding steroid dienone is 4. The Morgan fingerprint density at radius 3 is 2.62 bits per heavy atom. The summed E-state index contributed by atoms with van der Waals surface area (Å²) in [5.41, 5.74) is 0.989. The molecule has 0 fully saturated rings. The zero-order valence-electron chi connectivity index (χ0n) is 8.80. The third-order valence-electron chi connectivity index (χ3n) is 2.40. The van der Waals surface area contributed by atoms with Crippen LogP contribution in [0.5, 0.6) is 5.75 Å². The molecule has 0 atom stereocenters. The zero-order valence-corrected chi connectivity index (χ0v) is 8.80. The van der Waals surface area contributed by atoms with Crippen LogP contribution in [-0.2, 0) is 4.79 Å². The number of benzene rings is 1. The molecule has 2 rings (SSSR count). The molecule has 0 aromatic heterocycles. The minimum atomic E-state index is -0.432. The van der Waals surface area contributed by atoms with Crippen molar-refractivity contribution in [1.82, 2.24) is 0 Å². The number of rotatable bonds is 3. The fraction of sp³-hybridized carbons (Fsp3) is 0.0714. The highest BCUT2D eigenvalue weighted by Gasteiger charge is 2.13. The van der Waals surface area contributed by atoms with E-state index < -0.39 is 5.97 Å². The van der Waals surface area contributed by atoms with Crippen molar-refractivity contribution < 1.29 is 9.53 Å². The molecule has 2 nitrogen and oxygen atoms in total. The smallest absolute Gasteiger partial charge is 0.335 e. The van der Waals surface area contributed by atoms with Crippen LogP contribution in [0.2, 0.25) is 0 Å². The first kappa shape index (κ1) is 10.4. The minimum absolute atomic E-state index is 0.189. The van der Waals surface area contributed by atoms with Gasteiger partial charge in [0, 0.05) is 17.6 Å². The summed E-state index contributed by atoms with van der Waals surface area (Å²) in [6.45, 7) is 3.38. The van der Waals surface area contributed by atoms with Gasteiger partial charge in [0.25, 0.3) is 0 Å². The van der Waals surface area contributed by atoms with Crippen LogP contribution in [-0.4, -0.2) is 5.97 Å². The number of hydrogen-bond donors (Lipinski definition) is 0. The number of carbonyl (C=O) groups is 1. The van der Waals surface area contributed by atoms with E-state index in [9.17, 15) is 4.79 Å². The maximum Gasteiger partial charge on any atom is 0.335 e. The van der Waals surface area contributed by atoms with Crippen molar-refractivity contribution in [3.05, 3.63) is 66.8 Å². The SMILES string of the molecule is C=CC(=O)Oc1ccccc1C1C=CC=C1. The van der Waals surface area contributed by atoms with Crippen LogP contribution >= 0.6 is 0 Å². The van der Waals surface area contributed by atoms with Gasteiger partial charge in [0.1, 0.15) is 5.75 Å². The predicted octanol–water partition coefficient (Wildman–Crippen LogP) is 2.99. The van der Waals surface area contributed by atoms with Gasteiger partial charge in [-0.1, -0.05) is 49.1 Å². The normalized spacial score (nSPS) is 14.0. The molecule has 0 bridgehead atoms. The molecule has 0 heterocycles. The highest BCUT2D eigenvalue weighted by atomic mass is 16.5. The Labute approximate surface area is 94.6 Å². The standard InChI is InChI=1S/C14H12O2/c1-2-14(15)16-13-10-6-5-9-12(13)11-7-3-4-8-11/h2-11H,1H2. The van der Waals surface area contributed by atoms with Gasteiger partial charge in [0.2, 0.25) is 0 Å². The fourth-order valence-electron chi connectivity index (χ4n) is 1.64. The highest BCUT2D eigenvalue weighted by Crippen LogP contribution is 2.30. The van der Waals surface area contributed by atoms with Gasteiger partial charge in [-0.25, -0.2) is 4.79 Å². The van der Waals surface area contributed by atoms with E-state index in [4.69, 9.17) is 4.74 Å². The van der Waals surface area contributed by atoms with Gasteiger partial charge in [-0.3, -0.25) is 0 Å². The first-order chi connectivity index (χ1) is 7.81. The van der Waals surface area contributed by atoms with Crippen LogP contribution in [0.25, 0.3) is 0 Å². The number of hydrogen-bond acceptors (Lipinski definition) is 2. The van der Waals surface area contributed by atoms with Crippen LogP contribution in [0.1, 0.15) is 11.5 Å². The maximum absolute atomic E-state index is 11.2. The van der Waals surface area contributed by atoms with E-state index in [1.165, 1.54) is 0 Å². The second-order valence-corrected chi connectivity index (χ2v) is 3.46. The summed E-state index contributed by atoms with van der Waals surface area (Å²) in [7, 11) is 0. The molecular weight excluding hydrogens is 200 g/mol. The Morgan fingerprint density at radius 1 is 1.25 bits per heavy atom. The number of esters is 1. The summed E-state index contributed by atoms with van der Waals surface area (Å²) in [5, 5.41) is 0. The van der Waals surface area contributed by atoms with E-state index in [-0.39, 0.29) is 5.92 Å². The van der Waals surface area contributed by atoms with E-state index in [2.05, 4.69) is 18.7 Å². The number of ether oxygens (including phenoxy) is 1. The Bertz CT molecular complexity index is 457. The molecular formula is C14H12O2. The summed E-state index contributed by atoms with van der Waals surface area (Å²) >= 11 is 0. The lowest BCUT2D eigenvalue weighted by Gasteiger charge is -2.11. The van der Waals surface area contributed by atoms with Crippen molar-refractivity contribution in [1.29, 1.82) is 0 Å². The molecule has 1 aliphatic carbocycles. The maximum atomic E-state index is 11.2. The van der Waals surface area contributed by atoms with Crippen molar-refractivity contribution in [2.45, 2.75) is 5.92 Å². The van der Waals surface area contributed by atoms with Gasteiger partial charge in [0.15, 0.2) is 0 Å². The van der Waals surface area contributed by atoms with Crippen molar-refractivity contribution in [2.24, 2.45) is 0 Å². The average Bonchev–Trinajstić information content (AvgIpc) is 2.83. The average molecular weight is 212 g/mol. The first-order valence-corrected chi connectivity index (χ1v) is 5.09. The quantitative estimate of drug-likeness (QED) is 0.437. The van der Waals surface area contributed by atoms with E-state index in [1.54, 1.807) is 6.07 Å². The van der Waals surface area contributed by atoms with Crippen LogP contribution in [0.4, 0.5) is 0 Å². The molecule has 1 aliphatic rings.